The lowest BCUT2D eigenvalue weighted by Crippen LogP contribution is -2.53. The van der Waals surface area contributed by atoms with Crippen LogP contribution in [0.1, 0.15) is 18.4 Å². The zero-order valence-electron chi connectivity index (χ0n) is 16.5. The van der Waals surface area contributed by atoms with Gasteiger partial charge in [-0.25, -0.2) is 8.42 Å². The van der Waals surface area contributed by atoms with Crippen molar-refractivity contribution in [2.45, 2.75) is 29.5 Å². The molecule has 2 aromatic rings. The lowest BCUT2D eigenvalue weighted by atomic mass is 10.0. The summed E-state index contributed by atoms with van der Waals surface area (Å²) >= 11 is 1.63. The van der Waals surface area contributed by atoms with Gasteiger partial charge in [0.1, 0.15) is 5.75 Å². The highest BCUT2D eigenvalue weighted by molar-refractivity contribution is 8.02. The Hall–Kier alpha value is -2.03. The van der Waals surface area contributed by atoms with Crippen LogP contribution in [0.2, 0.25) is 0 Å². The number of nitrogens with zero attached hydrogens (tertiary/aromatic N) is 2. The first kappa shape index (κ1) is 20.3. The molecule has 0 saturated carbocycles. The summed E-state index contributed by atoms with van der Waals surface area (Å²) in [6.07, 6.45) is 1.21. The van der Waals surface area contributed by atoms with Gasteiger partial charge in [-0.05, 0) is 56.2 Å². The van der Waals surface area contributed by atoms with Gasteiger partial charge >= 0.3 is 0 Å². The molecular formula is C21H24N2O4S2. The second kappa shape index (κ2) is 7.66. The second-order valence-corrected chi connectivity index (χ2v) is 10.7. The van der Waals surface area contributed by atoms with Gasteiger partial charge in [0.2, 0.25) is 15.9 Å². The number of rotatable bonds is 4. The van der Waals surface area contributed by atoms with E-state index in [4.69, 9.17) is 4.74 Å². The fourth-order valence-corrected chi connectivity index (χ4v) is 6.74. The van der Waals surface area contributed by atoms with Crippen LogP contribution in [0.4, 0.5) is 5.69 Å². The van der Waals surface area contributed by atoms with E-state index in [1.807, 2.05) is 36.1 Å². The SMILES string of the molecule is COc1ccc(S(=O)(=O)N2CCC3(CC2)SCC(=O)N3c2ccc(C)cc2)cc1. The molecule has 2 aliphatic heterocycles. The Morgan fingerprint density at radius 2 is 1.62 bits per heavy atom. The maximum Gasteiger partial charge on any atom is 0.243 e. The molecule has 2 aliphatic rings. The van der Waals surface area contributed by atoms with Crippen LogP contribution in [0.5, 0.6) is 5.75 Å². The number of benzene rings is 2. The summed E-state index contributed by atoms with van der Waals surface area (Å²) in [5.41, 5.74) is 2.03. The standard InChI is InChI=1S/C21H24N2O4S2/c1-16-3-5-17(6-4-16)23-20(24)15-28-21(23)11-13-22(14-12-21)29(25,26)19-9-7-18(27-2)8-10-19/h3-10H,11-15H2,1-2H3. The average Bonchev–Trinajstić information content (AvgIpc) is 3.05. The zero-order valence-corrected chi connectivity index (χ0v) is 18.1. The van der Waals surface area contributed by atoms with Crippen LogP contribution in [0, 0.1) is 6.92 Å². The molecule has 2 saturated heterocycles. The van der Waals surface area contributed by atoms with E-state index in [9.17, 15) is 13.2 Å². The molecule has 0 unspecified atom stereocenters. The summed E-state index contributed by atoms with van der Waals surface area (Å²) < 4.78 is 32.7. The van der Waals surface area contributed by atoms with Crippen LogP contribution in [0.15, 0.2) is 53.4 Å². The molecule has 0 aliphatic carbocycles. The minimum atomic E-state index is -3.57. The minimum Gasteiger partial charge on any atom is -0.497 e. The highest BCUT2D eigenvalue weighted by Gasteiger charge is 2.49. The number of carbonyl (C=O) groups excluding carboxylic acids is 1. The van der Waals surface area contributed by atoms with Gasteiger partial charge in [-0.1, -0.05) is 17.7 Å². The van der Waals surface area contributed by atoms with Gasteiger partial charge in [-0.2, -0.15) is 4.31 Å². The van der Waals surface area contributed by atoms with Gasteiger partial charge in [0.25, 0.3) is 0 Å². The average molecular weight is 433 g/mol. The quantitative estimate of drug-likeness (QED) is 0.742. The van der Waals surface area contributed by atoms with Gasteiger partial charge < -0.3 is 4.74 Å². The van der Waals surface area contributed by atoms with Gasteiger partial charge in [0.15, 0.2) is 0 Å². The molecule has 1 amide bonds. The van der Waals surface area contributed by atoms with Crippen molar-refractivity contribution < 1.29 is 17.9 Å². The van der Waals surface area contributed by atoms with Gasteiger partial charge in [0.05, 0.1) is 22.6 Å². The smallest absolute Gasteiger partial charge is 0.243 e. The first-order chi connectivity index (χ1) is 13.9. The van der Waals surface area contributed by atoms with Gasteiger partial charge in [-0.15, -0.1) is 11.8 Å². The molecular weight excluding hydrogens is 408 g/mol. The number of methoxy groups -OCH3 is 1. The van der Waals surface area contributed by atoms with Crippen LogP contribution >= 0.6 is 11.8 Å². The molecule has 2 aromatic carbocycles. The van der Waals surface area contributed by atoms with Crippen molar-refractivity contribution in [3.8, 4) is 5.75 Å². The van der Waals surface area contributed by atoms with Crippen LogP contribution in [0.3, 0.4) is 0 Å². The van der Waals surface area contributed by atoms with Crippen LogP contribution < -0.4 is 9.64 Å². The third-order valence-corrected chi connectivity index (χ3v) is 9.05. The van der Waals surface area contributed by atoms with E-state index in [1.54, 1.807) is 43.1 Å². The van der Waals surface area contributed by atoms with E-state index in [-0.39, 0.29) is 15.7 Å². The topological polar surface area (TPSA) is 66.9 Å². The maximum absolute atomic E-state index is 13.0. The fourth-order valence-electron chi connectivity index (χ4n) is 3.97. The summed E-state index contributed by atoms with van der Waals surface area (Å²) in [7, 11) is -2.02. The molecule has 2 heterocycles. The predicted molar refractivity (Wildman–Crippen MR) is 115 cm³/mol. The van der Waals surface area contributed by atoms with Crippen molar-refractivity contribution in [1.29, 1.82) is 0 Å². The van der Waals surface area contributed by atoms with E-state index in [0.29, 0.717) is 37.4 Å². The molecule has 0 atom stereocenters. The highest BCUT2D eigenvalue weighted by Crippen LogP contribution is 2.47. The largest absolute Gasteiger partial charge is 0.497 e. The van der Waals surface area contributed by atoms with Crippen molar-refractivity contribution in [2.75, 3.05) is 30.9 Å². The van der Waals surface area contributed by atoms with Gasteiger partial charge in [-0.3, -0.25) is 9.69 Å². The minimum absolute atomic E-state index is 0.0883. The number of sulfonamides is 1. The number of carbonyl (C=O) groups is 1. The summed E-state index contributed by atoms with van der Waals surface area (Å²) in [6, 6.07) is 14.4. The highest BCUT2D eigenvalue weighted by atomic mass is 32.2. The molecule has 8 heteroatoms. The predicted octanol–water partition coefficient (Wildman–Crippen LogP) is 3.26. The van der Waals surface area contributed by atoms with E-state index >= 15 is 0 Å². The zero-order chi connectivity index (χ0) is 20.6. The number of amides is 1. The van der Waals surface area contributed by atoms with Crippen LogP contribution in [0.25, 0.3) is 0 Å². The number of aryl methyl sites for hydroxylation is 1. The van der Waals surface area contributed by atoms with Gasteiger partial charge in [0, 0.05) is 18.8 Å². The number of anilines is 1. The molecule has 154 valence electrons. The fraction of sp³-hybridized carbons (Fsp3) is 0.381. The molecule has 0 radical (unpaired) electrons. The van der Waals surface area contributed by atoms with Crippen molar-refractivity contribution in [2.24, 2.45) is 0 Å². The number of hydrogen-bond donors (Lipinski definition) is 0. The Kier molecular flexibility index (Phi) is 5.35. The molecule has 0 aromatic heterocycles. The first-order valence-corrected chi connectivity index (χ1v) is 12.0. The third-order valence-electron chi connectivity index (χ3n) is 5.61. The number of ether oxygens (including phenoxy) is 1. The Morgan fingerprint density at radius 1 is 1.00 bits per heavy atom. The lowest BCUT2D eigenvalue weighted by Gasteiger charge is -2.43. The molecule has 6 nitrogen and oxygen atoms in total. The monoisotopic (exact) mass is 432 g/mol. The summed E-state index contributed by atoms with van der Waals surface area (Å²) in [6.45, 7) is 2.79. The van der Waals surface area contributed by atoms with E-state index < -0.39 is 10.0 Å². The van der Waals surface area contributed by atoms with E-state index in [0.717, 1.165) is 11.3 Å². The van der Waals surface area contributed by atoms with Crippen molar-refractivity contribution in [3.05, 3.63) is 54.1 Å². The maximum atomic E-state index is 13.0. The molecule has 1 spiro atoms. The molecule has 2 fully saturated rings. The molecule has 29 heavy (non-hydrogen) atoms. The van der Waals surface area contributed by atoms with E-state index in [2.05, 4.69) is 0 Å². The summed E-state index contributed by atoms with van der Waals surface area (Å²) in [5.74, 6) is 1.14. The Balaban J connectivity index is 1.54. The molecule has 0 N–H and O–H groups in total. The Bertz CT molecular complexity index is 996. The van der Waals surface area contributed by atoms with Crippen LogP contribution in [-0.4, -0.2) is 49.5 Å². The normalized spacial score (nSPS) is 19.7. The van der Waals surface area contributed by atoms with Crippen LogP contribution in [-0.2, 0) is 14.8 Å². The Labute approximate surface area is 175 Å². The van der Waals surface area contributed by atoms with Crippen molar-refractivity contribution in [3.63, 3.8) is 0 Å². The summed E-state index contributed by atoms with van der Waals surface area (Å²) in [4.78, 5) is 14.4. The number of thioether (sulfide) groups is 1. The first-order valence-electron chi connectivity index (χ1n) is 9.54. The van der Waals surface area contributed by atoms with Crippen molar-refractivity contribution in [1.82, 2.24) is 4.31 Å². The second-order valence-electron chi connectivity index (χ2n) is 7.38. The molecule has 0 bridgehead atoms. The summed E-state index contributed by atoms with van der Waals surface area (Å²) in [5, 5.41) is 0. The number of piperidine rings is 1. The van der Waals surface area contributed by atoms with Crippen molar-refractivity contribution >= 4 is 33.4 Å². The molecule has 4 rings (SSSR count). The third kappa shape index (κ3) is 3.65. The van der Waals surface area contributed by atoms with E-state index in [1.165, 1.54) is 4.31 Å². The Morgan fingerprint density at radius 3 is 2.21 bits per heavy atom. The number of hydrogen-bond acceptors (Lipinski definition) is 5. The lowest BCUT2D eigenvalue weighted by molar-refractivity contribution is -0.116.